The number of thiophene rings is 1. The molecular weight excluding hydrogens is 418 g/mol. The minimum atomic E-state index is -0.500. The lowest BCUT2D eigenvalue weighted by Gasteiger charge is -2.03. The molecule has 0 bridgehead atoms. The van der Waals surface area contributed by atoms with Crippen molar-refractivity contribution in [3.8, 4) is 10.4 Å². The Hall–Kier alpha value is -4.18. The number of hydrazone groups is 1. The molecule has 1 amide bonds. The van der Waals surface area contributed by atoms with Crippen LogP contribution in [0.5, 0.6) is 0 Å². The minimum Gasteiger partial charge on any atom is -0.289 e. The quantitative estimate of drug-likeness (QED) is 0.284. The molecule has 2 heterocycles. The Morgan fingerprint density at radius 2 is 1.94 bits per heavy atom. The van der Waals surface area contributed by atoms with Gasteiger partial charge in [0.15, 0.2) is 0 Å². The predicted octanol–water partition coefficient (Wildman–Crippen LogP) is 3.18. The Morgan fingerprint density at radius 3 is 2.65 bits per heavy atom. The Kier molecular flexibility index (Phi) is 5.63. The topological polar surface area (TPSA) is 119 Å². The zero-order valence-electron chi connectivity index (χ0n) is 16.0. The van der Waals surface area contributed by atoms with Gasteiger partial charge in [-0.3, -0.25) is 24.3 Å². The smallest absolute Gasteiger partial charge is 0.269 e. The van der Waals surface area contributed by atoms with Gasteiger partial charge in [0, 0.05) is 17.0 Å². The van der Waals surface area contributed by atoms with E-state index in [0.29, 0.717) is 15.8 Å². The van der Waals surface area contributed by atoms with Crippen LogP contribution in [0.25, 0.3) is 20.7 Å². The highest BCUT2D eigenvalue weighted by molar-refractivity contribution is 7.21. The number of non-ortho nitro benzene ring substituents is 1. The van der Waals surface area contributed by atoms with Gasteiger partial charge in [-0.2, -0.15) is 5.10 Å². The predicted molar refractivity (Wildman–Crippen MR) is 118 cm³/mol. The molecule has 9 nitrogen and oxygen atoms in total. The molecule has 2 aromatic carbocycles. The van der Waals surface area contributed by atoms with Gasteiger partial charge >= 0.3 is 0 Å². The van der Waals surface area contributed by atoms with E-state index in [1.807, 2.05) is 30.3 Å². The van der Waals surface area contributed by atoms with Crippen LogP contribution in [-0.4, -0.2) is 26.6 Å². The lowest BCUT2D eigenvalue weighted by molar-refractivity contribution is -0.384. The Morgan fingerprint density at radius 1 is 1.19 bits per heavy atom. The number of hydrogen-bond acceptors (Lipinski definition) is 7. The average molecular weight is 433 g/mol. The third kappa shape index (κ3) is 4.54. The van der Waals surface area contributed by atoms with Crippen molar-refractivity contribution in [3.63, 3.8) is 0 Å². The SMILES string of the molecule is O=C(Cn1cnc2sc(-c3ccccc3)cc2c1=O)N/N=C\c1ccc([N+](=O)[O-])cc1. The molecule has 0 aliphatic carbocycles. The van der Waals surface area contributed by atoms with E-state index in [0.717, 1.165) is 10.4 Å². The second-order valence-electron chi connectivity index (χ2n) is 6.51. The van der Waals surface area contributed by atoms with Gasteiger partial charge < -0.3 is 0 Å². The molecule has 10 heteroatoms. The van der Waals surface area contributed by atoms with Crippen molar-refractivity contribution >= 4 is 39.4 Å². The van der Waals surface area contributed by atoms with E-state index in [1.54, 1.807) is 6.07 Å². The molecule has 31 heavy (non-hydrogen) atoms. The number of nitro groups is 1. The number of carbonyl (C=O) groups excluding carboxylic acids is 1. The molecule has 1 N–H and O–H groups in total. The molecule has 0 fully saturated rings. The summed E-state index contributed by atoms with van der Waals surface area (Å²) < 4.78 is 1.22. The van der Waals surface area contributed by atoms with Crippen molar-refractivity contribution in [1.82, 2.24) is 15.0 Å². The summed E-state index contributed by atoms with van der Waals surface area (Å²) >= 11 is 1.42. The first-order valence-electron chi connectivity index (χ1n) is 9.12. The summed E-state index contributed by atoms with van der Waals surface area (Å²) in [5.41, 5.74) is 3.57. The zero-order chi connectivity index (χ0) is 21.8. The molecule has 2 aromatic heterocycles. The first-order valence-corrected chi connectivity index (χ1v) is 9.94. The van der Waals surface area contributed by atoms with E-state index >= 15 is 0 Å². The first kappa shape index (κ1) is 20.1. The van der Waals surface area contributed by atoms with Crippen molar-refractivity contribution in [2.75, 3.05) is 0 Å². The lowest BCUT2D eigenvalue weighted by atomic mass is 10.2. The molecule has 154 valence electrons. The number of nitrogens with zero attached hydrogens (tertiary/aromatic N) is 4. The van der Waals surface area contributed by atoms with E-state index in [9.17, 15) is 19.7 Å². The fraction of sp³-hybridized carbons (Fsp3) is 0.0476. The summed E-state index contributed by atoms with van der Waals surface area (Å²) in [6, 6.07) is 17.2. The Balaban J connectivity index is 1.45. The van der Waals surface area contributed by atoms with Crippen LogP contribution >= 0.6 is 11.3 Å². The number of aromatic nitrogens is 2. The minimum absolute atomic E-state index is 0.0349. The zero-order valence-corrected chi connectivity index (χ0v) is 16.8. The summed E-state index contributed by atoms with van der Waals surface area (Å²) in [6.45, 7) is -0.240. The van der Waals surface area contributed by atoms with Gasteiger partial charge in [-0.25, -0.2) is 10.4 Å². The average Bonchev–Trinajstić information content (AvgIpc) is 3.22. The monoisotopic (exact) mass is 433 g/mol. The molecule has 0 aliphatic rings. The second-order valence-corrected chi connectivity index (χ2v) is 7.55. The van der Waals surface area contributed by atoms with Gasteiger partial charge in [0.05, 0.1) is 22.9 Å². The molecule has 0 saturated heterocycles. The number of amides is 1. The summed E-state index contributed by atoms with van der Waals surface area (Å²) in [4.78, 5) is 40.9. The van der Waals surface area contributed by atoms with Crippen LogP contribution in [0.2, 0.25) is 0 Å². The summed E-state index contributed by atoms with van der Waals surface area (Å²) in [5.74, 6) is -0.500. The molecule has 0 unspecified atom stereocenters. The largest absolute Gasteiger partial charge is 0.289 e. The van der Waals surface area contributed by atoms with Gasteiger partial charge in [-0.15, -0.1) is 11.3 Å². The van der Waals surface area contributed by atoms with Gasteiger partial charge in [0.1, 0.15) is 11.4 Å². The Bertz CT molecular complexity index is 1340. The summed E-state index contributed by atoms with van der Waals surface area (Å²) in [6.07, 6.45) is 2.70. The maximum atomic E-state index is 12.7. The maximum Gasteiger partial charge on any atom is 0.269 e. The van der Waals surface area contributed by atoms with Crippen molar-refractivity contribution in [3.05, 3.63) is 93.0 Å². The standard InChI is InChI=1S/C21H15N5O4S/c27-19(24-23-11-14-6-8-16(9-7-14)26(29)30)12-25-13-22-20-17(21(25)28)10-18(31-20)15-4-2-1-3-5-15/h1-11,13H,12H2,(H,24,27)/b23-11-. The lowest BCUT2D eigenvalue weighted by Crippen LogP contribution is -2.29. The van der Waals surface area contributed by atoms with Crippen LogP contribution < -0.4 is 11.0 Å². The fourth-order valence-corrected chi connectivity index (χ4v) is 3.86. The number of hydrogen-bond donors (Lipinski definition) is 1. The number of rotatable bonds is 6. The van der Waals surface area contributed by atoms with E-state index in [-0.39, 0.29) is 17.8 Å². The molecular formula is C21H15N5O4S. The fourth-order valence-electron chi connectivity index (χ4n) is 2.87. The third-order valence-corrected chi connectivity index (χ3v) is 5.49. The van der Waals surface area contributed by atoms with Crippen LogP contribution in [0.1, 0.15) is 5.56 Å². The van der Waals surface area contributed by atoms with Crippen molar-refractivity contribution in [2.24, 2.45) is 5.10 Å². The first-order chi connectivity index (χ1) is 15.0. The number of fused-ring (bicyclic) bond motifs is 1. The van der Waals surface area contributed by atoms with Crippen LogP contribution in [0.15, 0.2) is 76.9 Å². The molecule has 4 rings (SSSR count). The number of nitrogens with one attached hydrogen (secondary N) is 1. The van der Waals surface area contributed by atoms with Crippen LogP contribution in [0, 0.1) is 10.1 Å². The maximum absolute atomic E-state index is 12.7. The summed E-state index contributed by atoms with van der Waals surface area (Å²) in [7, 11) is 0. The van der Waals surface area contributed by atoms with E-state index in [1.165, 1.54) is 52.7 Å². The number of benzene rings is 2. The third-order valence-electron chi connectivity index (χ3n) is 4.40. The number of carbonyl (C=O) groups is 1. The van der Waals surface area contributed by atoms with Crippen molar-refractivity contribution in [2.45, 2.75) is 6.54 Å². The highest BCUT2D eigenvalue weighted by Crippen LogP contribution is 2.30. The highest BCUT2D eigenvalue weighted by Gasteiger charge is 2.12. The van der Waals surface area contributed by atoms with Gasteiger partial charge in [-0.1, -0.05) is 30.3 Å². The van der Waals surface area contributed by atoms with Crippen molar-refractivity contribution < 1.29 is 9.72 Å². The van der Waals surface area contributed by atoms with Gasteiger partial charge in [0.25, 0.3) is 17.2 Å². The molecule has 0 saturated carbocycles. The molecule has 0 aliphatic heterocycles. The van der Waals surface area contributed by atoms with Crippen LogP contribution in [-0.2, 0) is 11.3 Å². The van der Waals surface area contributed by atoms with Gasteiger partial charge in [-0.05, 0) is 29.3 Å². The normalized spacial score (nSPS) is 11.1. The molecule has 0 atom stereocenters. The number of nitro benzene ring substituents is 1. The van der Waals surface area contributed by atoms with E-state index < -0.39 is 10.8 Å². The molecule has 4 aromatic rings. The second kappa shape index (κ2) is 8.67. The van der Waals surface area contributed by atoms with Crippen molar-refractivity contribution in [1.29, 1.82) is 0 Å². The van der Waals surface area contributed by atoms with Crippen LogP contribution in [0.3, 0.4) is 0 Å². The molecule has 0 radical (unpaired) electrons. The highest BCUT2D eigenvalue weighted by atomic mass is 32.1. The van der Waals surface area contributed by atoms with E-state index in [4.69, 9.17) is 0 Å². The van der Waals surface area contributed by atoms with Gasteiger partial charge in [0.2, 0.25) is 0 Å². The Labute approximate surface area is 179 Å². The van der Waals surface area contributed by atoms with E-state index in [2.05, 4.69) is 15.5 Å². The summed E-state index contributed by atoms with van der Waals surface area (Å²) in [5, 5.41) is 14.9. The molecule has 0 spiro atoms. The van der Waals surface area contributed by atoms with Crippen LogP contribution in [0.4, 0.5) is 5.69 Å².